The van der Waals surface area contributed by atoms with Gasteiger partial charge in [0.05, 0.1) is 12.8 Å². The average molecular weight is 238 g/mol. The molecule has 17 heavy (non-hydrogen) atoms. The number of nitrogens with zero attached hydrogens (tertiary/aromatic N) is 1. The van der Waals surface area contributed by atoms with E-state index in [4.69, 9.17) is 4.74 Å². The maximum Gasteiger partial charge on any atom is 0.145 e. The van der Waals surface area contributed by atoms with Gasteiger partial charge in [0.15, 0.2) is 0 Å². The second-order valence-corrected chi connectivity index (χ2v) is 4.63. The lowest BCUT2D eigenvalue weighted by Crippen LogP contribution is -2.54. The third-order valence-electron chi connectivity index (χ3n) is 3.22. The van der Waals surface area contributed by atoms with Gasteiger partial charge in [-0.1, -0.05) is 0 Å². The molecule has 3 nitrogen and oxygen atoms in total. The van der Waals surface area contributed by atoms with Crippen molar-refractivity contribution < 1.29 is 9.13 Å². The van der Waals surface area contributed by atoms with E-state index in [1.54, 1.807) is 13.2 Å². The topological polar surface area (TPSA) is 24.5 Å². The third-order valence-corrected chi connectivity index (χ3v) is 3.22. The van der Waals surface area contributed by atoms with Gasteiger partial charge in [-0.3, -0.25) is 0 Å². The van der Waals surface area contributed by atoms with Crippen molar-refractivity contribution >= 4 is 5.69 Å². The van der Waals surface area contributed by atoms with E-state index in [2.05, 4.69) is 24.1 Å². The maximum absolute atomic E-state index is 13.2. The van der Waals surface area contributed by atoms with Gasteiger partial charge in [0.2, 0.25) is 0 Å². The fraction of sp³-hybridized carbons (Fsp3) is 0.538. The summed E-state index contributed by atoms with van der Waals surface area (Å²) in [4.78, 5) is 2.26. The predicted octanol–water partition coefficient (Wildman–Crippen LogP) is 2.02. The van der Waals surface area contributed by atoms with Crippen LogP contribution in [0.5, 0.6) is 5.75 Å². The minimum Gasteiger partial charge on any atom is -0.494 e. The molecule has 94 valence electrons. The molecule has 2 atom stereocenters. The molecule has 0 bridgehead atoms. The second-order valence-electron chi connectivity index (χ2n) is 4.63. The van der Waals surface area contributed by atoms with Gasteiger partial charge in [-0.15, -0.1) is 0 Å². The molecule has 0 saturated carbocycles. The number of ether oxygens (including phenoxy) is 1. The van der Waals surface area contributed by atoms with E-state index in [0.29, 0.717) is 17.8 Å². The molecule has 1 aromatic rings. The lowest BCUT2D eigenvalue weighted by Gasteiger charge is -2.39. The molecule has 0 aromatic heterocycles. The number of halogens is 1. The van der Waals surface area contributed by atoms with Crippen molar-refractivity contribution in [2.75, 3.05) is 25.1 Å². The zero-order chi connectivity index (χ0) is 12.4. The third kappa shape index (κ3) is 2.52. The molecule has 2 rings (SSSR count). The summed E-state index contributed by atoms with van der Waals surface area (Å²) >= 11 is 0. The zero-order valence-electron chi connectivity index (χ0n) is 10.5. The first kappa shape index (κ1) is 12.2. The Bertz CT molecular complexity index is 397. The van der Waals surface area contributed by atoms with Crippen molar-refractivity contribution in [2.45, 2.75) is 25.9 Å². The summed E-state index contributed by atoms with van der Waals surface area (Å²) in [6.45, 7) is 6.14. The minimum atomic E-state index is -0.263. The highest BCUT2D eigenvalue weighted by Gasteiger charge is 2.24. The van der Waals surface area contributed by atoms with Crippen LogP contribution < -0.4 is 15.0 Å². The molecule has 1 N–H and O–H groups in total. The number of hydrogen-bond acceptors (Lipinski definition) is 3. The van der Waals surface area contributed by atoms with Crippen molar-refractivity contribution in [1.82, 2.24) is 5.32 Å². The molecule has 1 saturated heterocycles. The Morgan fingerprint density at radius 2 is 2.18 bits per heavy atom. The molecule has 1 heterocycles. The van der Waals surface area contributed by atoms with Crippen LogP contribution in [0, 0.1) is 5.82 Å². The average Bonchev–Trinajstić information content (AvgIpc) is 2.32. The molecule has 1 aliphatic rings. The number of methoxy groups -OCH3 is 1. The highest BCUT2D eigenvalue weighted by Crippen LogP contribution is 2.31. The van der Waals surface area contributed by atoms with E-state index in [-0.39, 0.29) is 5.82 Å². The molecule has 0 radical (unpaired) electrons. The van der Waals surface area contributed by atoms with Crippen LogP contribution >= 0.6 is 0 Å². The number of rotatable bonds is 2. The quantitative estimate of drug-likeness (QED) is 0.853. The summed E-state index contributed by atoms with van der Waals surface area (Å²) in [7, 11) is 1.58. The van der Waals surface area contributed by atoms with E-state index in [1.807, 2.05) is 0 Å². The largest absolute Gasteiger partial charge is 0.494 e. The summed E-state index contributed by atoms with van der Waals surface area (Å²) in [6.07, 6.45) is 0. The van der Waals surface area contributed by atoms with Crippen molar-refractivity contribution in [3.8, 4) is 5.75 Å². The molecular formula is C13H19FN2O. The van der Waals surface area contributed by atoms with Gasteiger partial charge in [0.1, 0.15) is 11.6 Å². The normalized spacial score (nSPS) is 24.8. The van der Waals surface area contributed by atoms with Crippen molar-refractivity contribution in [2.24, 2.45) is 0 Å². The molecule has 0 aliphatic carbocycles. The maximum atomic E-state index is 13.2. The lowest BCUT2D eigenvalue weighted by molar-refractivity contribution is 0.394. The number of piperazine rings is 1. The fourth-order valence-electron chi connectivity index (χ4n) is 2.25. The standard InChI is InChI=1S/C13H19FN2O/c1-9-8-16(10(2)7-15-9)12-5-4-11(14)6-13(12)17-3/h4-6,9-10,15H,7-8H2,1-3H3. The zero-order valence-corrected chi connectivity index (χ0v) is 10.5. The first-order chi connectivity index (χ1) is 8.11. The van der Waals surface area contributed by atoms with Gasteiger partial charge >= 0.3 is 0 Å². The van der Waals surface area contributed by atoms with Gasteiger partial charge in [-0.25, -0.2) is 4.39 Å². The summed E-state index contributed by atoms with van der Waals surface area (Å²) in [6, 6.07) is 5.53. The first-order valence-corrected chi connectivity index (χ1v) is 5.95. The van der Waals surface area contributed by atoms with Gasteiger partial charge in [0, 0.05) is 31.2 Å². The van der Waals surface area contributed by atoms with Crippen LogP contribution in [-0.2, 0) is 0 Å². The van der Waals surface area contributed by atoms with E-state index < -0.39 is 0 Å². The molecule has 1 fully saturated rings. The number of nitrogens with one attached hydrogen (secondary N) is 1. The molecular weight excluding hydrogens is 219 g/mol. The van der Waals surface area contributed by atoms with E-state index >= 15 is 0 Å². The Morgan fingerprint density at radius 3 is 2.88 bits per heavy atom. The van der Waals surface area contributed by atoms with Crippen LogP contribution in [0.3, 0.4) is 0 Å². The Balaban J connectivity index is 2.31. The highest BCUT2D eigenvalue weighted by molar-refractivity contribution is 5.59. The van der Waals surface area contributed by atoms with Crippen molar-refractivity contribution in [3.05, 3.63) is 24.0 Å². The number of anilines is 1. The van der Waals surface area contributed by atoms with Gasteiger partial charge < -0.3 is 15.0 Å². The van der Waals surface area contributed by atoms with Crippen LogP contribution in [0.2, 0.25) is 0 Å². The van der Waals surface area contributed by atoms with Gasteiger partial charge in [-0.2, -0.15) is 0 Å². The van der Waals surface area contributed by atoms with Crippen LogP contribution in [0.15, 0.2) is 18.2 Å². The second kappa shape index (κ2) is 4.92. The van der Waals surface area contributed by atoms with E-state index in [1.165, 1.54) is 12.1 Å². The van der Waals surface area contributed by atoms with Crippen LogP contribution in [0.4, 0.5) is 10.1 Å². The Labute approximate surface area is 102 Å². The van der Waals surface area contributed by atoms with Crippen LogP contribution in [-0.4, -0.2) is 32.3 Å². The molecule has 2 unspecified atom stereocenters. The molecule has 1 aromatic carbocycles. The van der Waals surface area contributed by atoms with Gasteiger partial charge in [-0.05, 0) is 26.0 Å². The van der Waals surface area contributed by atoms with E-state index in [9.17, 15) is 4.39 Å². The lowest BCUT2D eigenvalue weighted by atomic mass is 10.1. The SMILES string of the molecule is COc1cc(F)ccc1N1CC(C)NCC1C. The Kier molecular flexibility index (Phi) is 3.52. The Morgan fingerprint density at radius 1 is 1.41 bits per heavy atom. The Hall–Kier alpha value is -1.29. The molecule has 1 aliphatic heterocycles. The van der Waals surface area contributed by atoms with Crippen LogP contribution in [0.25, 0.3) is 0 Å². The van der Waals surface area contributed by atoms with Gasteiger partial charge in [0.25, 0.3) is 0 Å². The van der Waals surface area contributed by atoms with Crippen molar-refractivity contribution in [3.63, 3.8) is 0 Å². The summed E-state index contributed by atoms with van der Waals surface area (Å²) in [5.74, 6) is 0.340. The van der Waals surface area contributed by atoms with E-state index in [0.717, 1.165) is 18.8 Å². The molecule has 0 amide bonds. The smallest absolute Gasteiger partial charge is 0.145 e. The van der Waals surface area contributed by atoms with Crippen LogP contribution in [0.1, 0.15) is 13.8 Å². The number of benzene rings is 1. The molecule has 4 heteroatoms. The molecule has 0 spiro atoms. The van der Waals surface area contributed by atoms with Crippen molar-refractivity contribution in [1.29, 1.82) is 0 Å². The summed E-state index contributed by atoms with van der Waals surface area (Å²) in [5, 5.41) is 3.42. The monoisotopic (exact) mass is 238 g/mol. The first-order valence-electron chi connectivity index (χ1n) is 5.95. The highest BCUT2D eigenvalue weighted by atomic mass is 19.1. The summed E-state index contributed by atoms with van der Waals surface area (Å²) < 4.78 is 18.4. The minimum absolute atomic E-state index is 0.263. The predicted molar refractivity (Wildman–Crippen MR) is 67.2 cm³/mol. The summed E-state index contributed by atoms with van der Waals surface area (Å²) in [5.41, 5.74) is 0.967. The fourth-order valence-corrected chi connectivity index (χ4v) is 2.25. The number of hydrogen-bond donors (Lipinski definition) is 1.